The molecule has 3 rings (SSSR count). The van der Waals surface area contributed by atoms with E-state index < -0.39 is 5.91 Å². The molecule has 114 valence electrons. The van der Waals surface area contributed by atoms with Gasteiger partial charge in [-0.15, -0.1) is 11.3 Å². The quantitative estimate of drug-likeness (QED) is 0.945. The zero-order chi connectivity index (χ0) is 15.7. The van der Waals surface area contributed by atoms with Crippen LogP contribution in [0.3, 0.4) is 0 Å². The second kappa shape index (κ2) is 5.88. The highest BCUT2D eigenvalue weighted by atomic mass is 32.1. The number of aryl methyl sites for hydroxylation is 1. The average Bonchev–Trinajstić information content (AvgIpc) is 3.19. The molecule has 0 unspecified atom stereocenters. The highest BCUT2D eigenvalue weighted by Gasteiger charge is 2.28. The lowest BCUT2D eigenvalue weighted by atomic mass is 9.95. The monoisotopic (exact) mass is 315 g/mol. The first-order chi connectivity index (χ1) is 10.6. The van der Waals surface area contributed by atoms with Crippen LogP contribution in [0, 0.1) is 6.92 Å². The minimum atomic E-state index is -0.583. The molecule has 0 spiro atoms. The third kappa shape index (κ3) is 2.50. The topological polar surface area (TPSA) is 76.3 Å². The first kappa shape index (κ1) is 14.7. The second-order valence-corrected chi connectivity index (χ2v) is 6.28. The van der Waals surface area contributed by atoms with E-state index in [0.29, 0.717) is 5.56 Å². The molecular formula is C16H17N3O2S. The maximum atomic E-state index is 12.9. The molecule has 2 amide bonds. The third-order valence-corrected chi connectivity index (χ3v) is 4.72. The van der Waals surface area contributed by atoms with E-state index in [0.717, 1.165) is 42.1 Å². The van der Waals surface area contributed by atoms with Crippen LogP contribution in [0.1, 0.15) is 39.1 Å². The Kier molecular flexibility index (Phi) is 3.94. The standard InChI is InChI=1S/C16H17N3O2S/c1-10-4-5-11(14(17)20)13(12(10)15-18-6-9-22-15)16(21)19-7-2-3-8-19/h4-6,9H,2-3,7-8H2,1H3,(H2,17,20). The zero-order valence-corrected chi connectivity index (χ0v) is 13.2. The lowest BCUT2D eigenvalue weighted by Crippen LogP contribution is -2.31. The van der Waals surface area contributed by atoms with Gasteiger partial charge in [0.25, 0.3) is 5.91 Å². The maximum Gasteiger partial charge on any atom is 0.255 e. The van der Waals surface area contributed by atoms with E-state index >= 15 is 0 Å². The minimum Gasteiger partial charge on any atom is -0.366 e. The number of nitrogens with zero attached hydrogens (tertiary/aromatic N) is 2. The van der Waals surface area contributed by atoms with Crippen LogP contribution in [0.2, 0.25) is 0 Å². The van der Waals surface area contributed by atoms with Crippen LogP contribution in [0.4, 0.5) is 0 Å². The van der Waals surface area contributed by atoms with Crippen LogP contribution in [-0.4, -0.2) is 34.8 Å². The number of primary amides is 1. The van der Waals surface area contributed by atoms with Crippen LogP contribution in [0.5, 0.6) is 0 Å². The zero-order valence-electron chi connectivity index (χ0n) is 12.3. The van der Waals surface area contributed by atoms with Crippen molar-refractivity contribution < 1.29 is 9.59 Å². The van der Waals surface area contributed by atoms with Gasteiger partial charge in [-0.3, -0.25) is 9.59 Å². The molecule has 6 heteroatoms. The number of hydrogen-bond acceptors (Lipinski definition) is 4. The number of nitrogens with two attached hydrogens (primary N) is 1. The molecule has 2 aromatic rings. The fourth-order valence-corrected chi connectivity index (χ4v) is 3.59. The summed E-state index contributed by atoms with van der Waals surface area (Å²) in [5.74, 6) is -0.708. The number of hydrogen-bond donors (Lipinski definition) is 1. The molecule has 1 fully saturated rings. The van der Waals surface area contributed by atoms with Gasteiger partial charge in [0.2, 0.25) is 5.91 Å². The third-order valence-electron chi connectivity index (χ3n) is 3.93. The average molecular weight is 315 g/mol. The Morgan fingerprint density at radius 3 is 2.59 bits per heavy atom. The first-order valence-electron chi connectivity index (χ1n) is 7.22. The lowest BCUT2D eigenvalue weighted by molar-refractivity contribution is 0.0787. The molecule has 1 aromatic carbocycles. The minimum absolute atomic E-state index is 0.125. The van der Waals surface area contributed by atoms with Crippen molar-refractivity contribution >= 4 is 23.2 Å². The summed E-state index contributed by atoms with van der Waals surface area (Å²) in [5.41, 5.74) is 7.80. The molecule has 0 atom stereocenters. The molecule has 0 radical (unpaired) electrons. The van der Waals surface area contributed by atoms with E-state index in [1.54, 1.807) is 17.2 Å². The number of carbonyl (C=O) groups excluding carboxylic acids is 2. The van der Waals surface area contributed by atoms with E-state index in [1.165, 1.54) is 11.3 Å². The molecule has 1 saturated heterocycles. The van der Waals surface area contributed by atoms with Gasteiger partial charge in [0.1, 0.15) is 5.01 Å². The van der Waals surface area contributed by atoms with Gasteiger partial charge >= 0.3 is 0 Å². The van der Waals surface area contributed by atoms with E-state index in [9.17, 15) is 9.59 Å². The summed E-state index contributed by atoms with van der Waals surface area (Å²) in [6.07, 6.45) is 3.69. The Morgan fingerprint density at radius 1 is 1.27 bits per heavy atom. The van der Waals surface area contributed by atoms with Gasteiger partial charge in [-0.05, 0) is 31.4 Å². The van der Waals surface area contributed by atoms with Crippen molar-refractivity contribution in [2.45, 2.75) is 19.8 Å². The molecule has 2 N–H and O–H groups in total. The predicted molar refractivity (Wildman–Crippen MR) is 85.9 cm³/mol. The summed E-state index contributed by atoms with van der Waals surface area (Å²) in [4.78, 5) is 30.8. The van der Waals surface area contributed by atoms with Crippen molar-refractivity contribution in [2.75, 3.05) is 13.1 Å². The number of amides is 2. The summed E-state index contributed by atoms with van der Waals surface area (Å²) in [6, 6.07) is 3.45. The number of benzene rings is 1. The van der Waals surface area contributed by atoms with E-state index in [4.69, 9.17) is 5.73 Å². The Balaban J connectivity index is 2.21. The van der Waals surface area contributed by atoms with Crippen molar-refractivity contribution in [1.82, 2.24) is 9.88 Å². The van der Waals surface area contributed by atoms with Gasteiger partial charge in [-0.1, -0.05) is 6.07 Å². The number of carbonyl (C=O) groups is 2. The van der Waals surface area contributed by atoms with Crippen molar-refractivity contribution in [1.29, 1.82) is 0 Å². The lowest BCUT2D eigenvalue weighted by Gasteiger charge is -2.20. The molecule has 5 nitrogen and oxygen atoms in total. The maximum absolute atomic E-state index is 12.9. The summed E-state index contributed by atoms with van der Waals surface area (Å²) in [6.45, 7) is 3.37. The van der Waals surface area contributed by atoms with Gasteiger partial charge in [0, 0.05) is 30.2 Å². The van der Waals surface area contributed by atoms with Crippen molar-refractivity contribution in [3.05, 3.63) is 40.4 Å². The van der Waals surface area contributed by atoms with E-state index in [-0.39, 0.29) is 11.5 Å². The fourth-order valence-electron chi connectivity index (χ4n) is 2.84. The summed E-state index contributed by atoms with van der Waals surface area (Å²) >= 11 is 1.45. The second-order valence-electron chi connectivity index (χ2n) is 5.38. The van der Waals surface area contributed by atoms with Crippen LogP contribution in [0.15, 0.2) is 23.7 Å². The van der Waals surface area contributed by atoms with Gasteiger partial charge < -0.3 is 10.6 Å². The molecule has 1 aliphatic heterocycles. The highest BCUT2D eigenvalue weighted by molar-refractivity contribution is 7.13. The Labute approximate surface area is 132 Å². The van der Waals surface area contributed by atoms with Gasteiger partial charge in [0.05, 0.1) is 11.1 Å². The highest BCUT2D eigenvalue weighted by Crippen LogP contribution is 2.33. The molecule has 1 aliphatic rings. The largest absolute Gasteiger partial charge is 0.366 e. The summed E-state index contributed by atoms with van der Waals surface area (Å²) in [7, 11) is 0. The number of likely N-dealkylation sites (tertiary alicyclic amines) is 1. The molecule has 1 aromatic heterocycles. The van der Waals surface area contributed by atoms with Crippen LogP contribution >= 0.6 is 11.3 Å². The molecule has 2 heterocycles. The summed E-state index contributed by atoms with van der Waals surface area (Å²) < 4.78 is 0. The van der Waals surface area contributed by atoms with Gasteiger partial charge in [0.15, 0.2) is 0 Å². The Morgan fingerprint density at radius 2 is 2.00 bits per heavy atom. The van der Waals surface area contributed by atoms with Gasteiger partial charge in [-0.2, -0.15) is 0 Å². The first-order valence-corrected chi connectivity index (χ1v) is 8.10. The van der Waals surface area contributed by atoms with Crippen molar-refractivity contribution in [3.63, 3.8) is 0 Å². The number of thiazole rings is 1. The fraction of sp³-hybridized carbons (Fsp3) is 0.312. The molecule has 0 saturated carbocycles. The normalized spacial score (nSPS) is 14.3. The SMILES string of the molecule is Cc1ccc(C(N)=O)c(C(=O)N2CCCC2)c1-c1nccs1. The van der Waals surface area contributed by atoms with E-state index in [1.807, 2.05) is 18.4 Å². The van der Waals surface area contributed by atoms with E-state index in [2.05, 4.69) is 4.98 Å². The molecule has 22 heavy (non-hydrogen) atoms. The van der Waals surface area contributed by atoms with Crippen molar-refractivity contribution in [3.8, 4) is 10.6 Å². The Hall–Kier alpha value is -2.21. The Bertz CT molecular complexity index is 719. The van der Waals surface area contributed by atoms with Gasteiger partial charge in [-0.25, -0.2) is 4.98 Å². The molecule has 0 aliphatic carbocycles. The molecule has 0 bridgehead atoms. The van der Waals surface area contributed by atoms with Crippen molar-refractivity contribution in [2.24, 2.45) is 5.73 Å². The molecular weight excluding hydrogens is 298 g/mol. The predicted octanol–water partition coefficient (Wildman–Crippen LogP) is 2.45. The van der Waals surface area contributed by atoms with Crippen LogP contribution in [-0.2, 0) is 0 Å². The smallest absolute Gasteiger partial charge is 0.255 e. The number of rotatable bonds is 3. The van der Waals surface area contributed by atoms with Crippen LogP contribution < -0.4 is 5.73 Å². The summed E-state index contributed by atoms with van der Waals surface area (Å²) in [5, 5.41) is 2.60. The van der Waals surface area contributed by atoms with Crippen LogP contribution in [0.25, 0.3) is 10.6 Å². The number of aromatic nitrogens is 1.